The summed E-state index contributed by atoms with van der Waals surface area (Å²) in [4.78, 5) is 41.3. The number of oxime groups is 2. The zero-order valence-electron chi connectivity index (χ0n) is 51.3. The van der Waals surface area contributed by atoms with Crippen LogP contribution in [-0.2, 0) is 35.9 Å². The Bertz CT molecular complexity index is 4410. The van der Waals surface area contributed by atoms with Crippen LogP contribution in [0.5, 0.6) is 0 Å². The van der Waals surface area contributed by atoms with Gasteiger partial charge in [0.05, 0.1) is 0 Å². The maximum Gasteiger partial charge on any atom is 0.248 e. The van der Waals surface area contributed by atoms with E-state index in [4.69, 9.17) is 67.1 Å². The molecule has 0 spiro atoms. The number of amides is 1. The van der Waals surface area contributed by atoms with Crippen LogP contribution >= 0.6 is 11.6 Å². The first-order chi connectivity index (χ1) is 43.1. The predicted octanol–water partition coefficient (Wildman–Crippen LogP) is 11.9. The van der Waals surface area contributed by atoms with Crippen molar-refractivity contribution in [2.45, 2.75) is 81.1 Å². The molecule has 462 valence electrons. The number of rotatable bonds is 2. The van der Waals surface area contributed by atoms with Crippen LogP contribution in [0.1, 0.15) is 89.2 Å². The number of hydrogen-bond acceptors (Lipinski definition) is 18. The van der Waals surface area contributed by atoms with Gasteiger partial charge in [-0.15, -0.1) is 0 Å². The molecule has 5 aromatic heterocycles. The second kappa shape index (κ2) is 29.8. The minimum absolute atomic E-state index is 0.210. The highest BCUT2D eigenvalue weighted by Gasteiger charge is 2.15. The van der Waals surface area contributed by atoms with Gasteiger partial charge in [-0.25, -0.2) is 29.3 Å². The summed E-state index contributed by atoms with van der Waals surface area (Å²) in [6.07, 6.45) is 8.99. The van der Waals surface area contributed by atoms with E-state index in [-0.39, 0.29) is 5.82 Å². The van der Waals surface area contributed by atoms with E-state index >= 15 is 0 Å². The molecular formula is C69H74ClFN16O3. The Labute approximate surface area is 526 Å². The number of aromatic nitrogens is 5. The summed E-state index contributed by atoms with van der Waals surface area (Å²) in [7, 11) is 0. The number of primary amides is 1. The number of nitrogen functional groups attached to an aromatic ring is 4. The summed E-state index contributed by atoms with van der Waals surface area (Å²) in [6, 6.07) is 38.5. The lowest BCUT2D eigenvalue weighted by molar-refractivity contribution is 0.0999. The number of halogens is 2. The van der Waals surface area contributed by atoms with Crippen LogP contribution in [0.15, 0.2) is 156 Å². The van der Waals surface area contributed by atoms with Gasteiger partial charge in [0.25, 0.3) is 0 Å². The first-order valence-electron chi connectivity index (χ1n) is 28.8. The van der Waals surface area contributed by atoms with Crippen molar-refractivity contribution in [3.63, 3.8) is 0 Å². The number of nitrogens with one attached hydrogen (secondary N) is 1. The van der Waals surface area contributed by atoms with Gasteiger partial charge < -0.3 is 60.9 Å². The number of pyridine rings is 5. The monoisotopic (exact) mass is 1230 g/mol. The molecule has 0 saturated heterocycles. The summed E-state index contributed by atoms with van der Waals surface area (Å²) in [6.45, 7) is 16.3. The van der Waals surface area contributed by atoms with Gasteiger partial charge in [0.1, 0.15) is 48.1 Å². The molecule has 0 aliphatic carbocycles. The number of fused-ring (bicyclic) bond motifs is 7. The zero-order valence-corrected chi connectivity index (χ0v) is 52.1. The van der Waals surface area contributed by atoms with Crippen molar-refractivity contribution in [1.29, 1.82) is 0 Å². The lowest BCUT2D eigenvalue weighted by atomic mass is 10.0. The minimum Gasteiger partial charge on any atom is -0.389 e. The van der Waals surface area contributed by atoms with Crippen molar-refractivity contribution in [1.82, 2.24) is 24.9 Å². The summed E-state index contributed by atoms with van der Waals surface area (Å²) >= 11 is 5.98. The average Bonchev–Trinajstić information content (AvgIpc) is 3.60. The zero-order chi connectivity index (χ0) is 64.8. The van der Waals surface area contributed by atoms with Crippen LogP contribution < -0.4 is 51.2 Å². The lowest BCUT2D eigenvalue weighted by Gasteiger charge is -2.16. The molecule has 0 unspecified atom stereocenters. The molecule has 21 heteroatoms. The highest BCUT2D eigenvalue weighted by atomic mass is 35.5. The minimum atomic E-state index is -0.426. The molecule has 90 heavy (non-hydrogen) atoms. The van der Waals surface area contributed by atoms with Gasteiger partial charge in [-0.05, 0) is 201 Å². The van der Waals surface area contributed by atoms with Crippen molar-refractivity contribution < 1.29 is 18.9 Å². The molecule has 14 rings (SSSR count). The summed E-state index contributed by atoms with van der Waals surface area (Å²) < 4.78 is 13.1. The van der Waals surface area contributed by atoms with E-state index in [1.165, 1.54) is 41.2 Å². The summed E-state index contributed by atoms with van der Waals surface area (Å²) in [5, 5.41) is 18.9. The molecule has 1 amide bonds. The van der Waals surface area contributed by atoms with Crippen molar-refractivity contribution in [3.8, 4) is 0 Å². The van der Waals surface area contributed by atoms with Crippen LogP contribution in [0.25, 0.3) is 43.1 Å². The Morgan fingerprint density at radius 3 is 1.61 bits per heavy atom. The molecule has 0 saturated carbocycles. The summed E-state index contributed by atoms with van der Waals surface area (Å²) in [5.74, 6) is 3.44. The first kappa shape index (κ1) is 65.3. The molecule has 0 radical (unpaired) electrons. The van der Waals surface area contributed by atoms with Crippen LogP contribution in [-0.4, -0.2) is 49.0 Å². The van der Waals surface area contributed by atoms with Crippen molar-refractivity contribution in [2.24, 2.45) is 33.2 Å². The number of carbonyl (C=O) groups is 1. The number of aryl methyl sites for hydroxylation is 8. The fraction of sp³-hybridized carbons (Fsp3) is 0.188. The Balaban J connectivity index is 0.000000136. The second-order valence-electron chi connectivity index (χ2n) is 21.7. The van der Waals surface area contributed by atoms with Crippen molar-refractivity contribution in [3.05, 3.63) is 235 Å². The topological polar surface area (TPSA) is 345 Å². The van der Waals surface area contributed by atoms with Crippen LogP contribution in [0.3, 0.4) is 0 Å². The molecule has 0 bridgehead atoms. The van der Waals surface area contributed by atoms with Crippen LogP contribution in [0, 0.1) is 54.3 Å². The standard InChI is InChI=1S/C11H11N3O.C11H13N3.C10H9ClN2.C10H9FN2.2C9H10N2O.C9H12N2/c1-6-4-9-7(2-3-14-10(9)12)5-8(6)11(13)15;1-7-4-10-8(5-9(7)6-12)2-3-14-11(10)13;2*1-6-4-8-7(5-9(6)11)2-3-13-10(8)12;1-6-2-3-8-7(4-6)5-12-11-9(8)10;1-6-2-3-7-5-12-11-9(10)8(7)4-6;1-7-4-5-8-3-2-6-10-9(8)11-7/h2-5H,1H3,(H2,12,14)(H2,13,15);2-5H,6,12H2,1H3,(H2,13,14);2*2-5H,1H3,(H2,12,13);2*2-4H,5H2,1H3,(H2,10,11);4-5H,2-3,6H2,1H3,(H,10,11). The average molecular weight is 1230 g/mol. The number of anilines is 5. The fourth-order valence-electron chi connectivity index (χ4n) is 9.90. The molecule has 0 fully saturated rings. The molecule has 17 N–H and O–H groups in total. The SMILES string of the molecule is Cc1cc2c(N)nccc2cc1C(N)=O.Cc1cc2c(N)nccc2cc1CN.Cc1cc2c(N)nccc2cc1Cl.Cc1cc2c(N)nccc2cc1F.Cc1ccc2c(c1)C(N)=NOC2.Cc1ccc2c(c1)CON=C2N.Cc1ccc2c(n1)NCCC2. The molecule has 11 aromatic rings. The van der Waals surface area contributed by atoms with Gasteiger partial charge in [0.15, 0.2) is 11.7 Å². The second-order valence-corrected chi connectivity index (χ2v) is 22.1. The Morgan fingerprint density at radius 2 is 1.02 bits per heavy atom. The van der Waals surface area contributed by atoms with E-state index in [9.17, 15) is 9.18 Å². The lowest BCUT2D eigenvalue weighted by Crippen LogP contribution is -2.20. The van der Waals surface area contributed by atoms with Crippen LogP contribution in [0.4, 0.5) is 33.5 Å². The smallest absolute Gasteiger partial charge is 0.248 e. The molecule has 6 aromatic carbocycles. The van der Waals surface area contributed by atoms with E-state index < -0.39 is 5.91 Å². The van der Waals surface area contributed by atoms with Gasteiger partial charge in [0, 0.05) is 98.0 Å². The van der Waals surface area contributed by atoms with E-state index in [1.54, 1.807) is 56.0 Å². The third-order valence-corrected chi connectivity index (χ3v) is 15.3. The highest BCUT2D eigenvalue weighted by molar-refractivity contribution is 6.32. The normalized spacial score (nSPS) is 12.2. The number of benzene rings is 6. The first-order valence-corrected chi connectivity index (χ1v) is 29.2. The highest BCUT2D eigenvalue weighted by Crippen LogP contribution is 2.28. The number of amidine groups is 2. The maximum absolute atomic E-state index is 13.1. The van der Waals surface area contributed by atoms with E-state index in [1.807, 2.05) is 108 Å². The molecule has 8 heterocycles. The third kappa shape index (κ3) is 16.5. The quantitative estimate of drug-likeness (QED) is 0.0776. The van der Waals surface area contributed by atoms with E-state index in [0.717, 1.165) is 105 Å². The van der Waals surface area contributed by atoms with Gasteiger partial charge in [-0.2, -0.15) is 0 Å². The van der Waals surface area contributed by atoms with Gasteiger partial charge in [-0.1, -0.05) is 69.4 Å². The Kier molecular flexibility index (Phi) is 21.6. The van der Waals surface area contributed by atoms with E-state index in [2.05, 4.69) is 64.8 Å². The summed E-state index contributed by atoms with van der Waals surface area (Å²) in [5.41, 5.74) is 59.4. The molecule has 3 aliphatic heterocycles. The fourth-order valence-corrected chi connectivity index (χ4v) is 10.1. The molecule has 0 atom stereocenters. The third-order valence-electron chi connectivity index (χ3n) is 14.9. The van der Waals surface area contributed by atoms with Gasteiger partial charge in [-0.3, -0.25) is 4.79 Å². The van der Waals surface area contributed by atoms with Crippen molar-refractivity contribution >= 4 is 101 Å². The molecule has 3 aliphatic rings. The predicted molar refractivity (Wildman–Crippen MR) is 364 cm³/mol. The number of nitrogens with two attached hydrogens (primary N) is 8. The van der Waals surface area contributed by atoms with Gasteiger partial charge in [0.2, 0.25) is 5.91 Å². The Hall–Kier alpha value is -10.7. The van der Waals surface area contributed by atoms with E-state index in [0.29, 0.717) is 65.8 Å². The maximum atomic E-state index is 13.1. The molecular weight excluding hydrogens is 1160 g/mol. The Morgan fingerprint density at radius 1 is 0.533 bits per heavy atom. The van der Waals surface area contributed by atoms with Crippen LogP contribution in [0.2, 0.25) is 5.02 Å². The van der Waals surface area contributed by atoms with Crippen molar-refractivity contribution in [2.75, 3.05) is 34.8 Å². The van der Waals surface area contributed by atoms with Gasteiger partial charge >= 0.3 is 0 Å². The number of nitrogens with zero attached hydrogens (tertiary/aromatic N) is 7. The number of carbonyl (C=O) groups excluding carboxylic acids is 1. The number of hydrogen-bond donors (Lipinski definition) is 9. The molecule has 19 nitrogen and oxygen atoms in total. The largest absolute Gasteiger partial charge is 0.389 e.